The molecule has 4 aromatic heterocycles. The molecule has 316 valence electrons. The number of allylic oxidation sites excluding steroid dienone is 6. The molecule has 6 nitrogen and oxygen atoms in total. The van der Waals surface area contributed by atoms with Crippen LogP contribution < -0.4 is 21.4 Å². The largest absolute Gasteiger partial charge is 0.420 e. The van der Waals surface area contributed by atoms with Crippen LogP contribution in [0.25, 0.3) is 27.9 Å². The summed E-state index contributed by atoms with van der Waals surface area (Å²) in [6, 6.07) is 3.46. The molecule has 0 atom stereocenters. The molecule has 4 aromatic rings. The van der Waals surface area contributed by atoms with E-state index in [2.05, 4.69) is 9.98 Å². The van der Waals surface area contributed by atoms with E-state index in [1.807, 2.05) is 19.9 Å². The second-order valence-corrected chi connectivity index (χ2v) is 12.8. The van der Waals surface area contributed by atoms with Gasteiger partial charge in [-0.1, -0.05) is 0 Å². The smallest absolute Gasteiger partial charge is 0.354 e. The molecular weight excluding hydrogens is 858 g/mol. The summed E-state index contributed by atoms with van der Waals surface area (Å²) < 4.78 is 262. The van der Waals surface area contributed by atoms with E-state index in [1.54, 1.807) is 0 Å². The van der Waals surface area contributed by atoms with Crippen LogP contribution in [0.15, 0.2) is 99.8 Å². The average molecular weight is 875 g/mol. The highest BCUT2D eigenvalue weighted by molar-refractivity contribution is 6.28. The van der Waals surface area contributed by atoms with Crippen LogP contribution in [0.4, 0.5) is 79.0 Å². The summed E-state index contributed by atoms with van der Waals surface area (Å²) in [5, 5.41) is -4.81. The van der Waals surface area contributed by atoms with E-state index in [1.165, 1.54) is 0 Å². The zero-order chi connectivity index (χ0) is 44.1. The summed E-state index contributed by atoms with van der Waals surface area (Å²) in [4.78, 5) is 14.1. The molecule has 0 aromatic carbocycles. The van der Waals surface area contributed by atoms with Crippen molar-refractivity contribution in [3.8, 4) is 0 Å². The van der Waals surface area contributed by atoms with E-state index < -0.39 is 137 Å². The molecule has 3 aliphatic heterocycles. The molecule has 24 heteroatoms. The number of aromatic amines is 4. The third-order valence-corrected chi connectivity index (χ3v) is 8.90. The van der Waals surface area contributed by atoms with Crippen molar-refractivity contribution in [2.75, 3.05) is 0 Å². The van der Waals surface area contributed by atoms with Gasteiger partial charge >= 0.3 is 37.1 Å². The van der Waals surface area contributed by atoms with Gasteiger partial charge in [0.25, 0.3) is 0 Å². The Morgan fingerprint density at radius 2 is 0.550 bits per heavy atom. The molecule has 4 N–H and O–H groups in total. The van der Waals surface area contributed by atoms with Gasteiger partial charge in [-0.15, -0.1) is 0 Å². The van der Waals surface area contributed by atoms with E-state index >= 15 is 0 Å². The first-order chi connectivity index (χ1) is 27.5. The van der Waals surface area contributed by atoms with Crippen LogP contribution in [0.1, 0.15) is 22.8 Å². The van der Waals surface area contributed by atoms with Gasteiger partial charge in [-0.2, -0.15) is 79.0 Å². The quantitative estimate of drug-likeness (QED) is 0.129. The van der Waals surface area contributed by atoms with Crippen LogP contribution in [-0.4, -0.2) is 68.4 Å². The number of H-pyrrole nitrogens is 4. The van der Waals surface area contributed by atoms with Crippen molar-refractivity contribution >= 4 is 39.3 Å². The molecule has 7 rings (SSSR count). The van der Waals surface area contributed by atoms with Crippen molar-refractivity contribution in [1.82, 2.24) is 19.9 Å². The fourth-order valence-corrected chi connectivity index (χ4v) is 6.67. The fraction of sp³-hybridized carbons (Fsp3) is 0.167. The standard InChI is InChI=1S/C36H16F18N6/c37-31(38,39)25-13-1-2-14(55-13)26(32(40,41)42)16-5-6-18(57-16)28(34(46,47)48)20-9-10-22(59-20)30(36(52,53)54)24-12-11-23(60-24)29(35(49,50)51)21-8-7-19(58-21)27(33(43,44)45)17-4-3-15(25)56-17/h1-12,55-58H. The Morgan fingerprint density at radius 3 is 0.867 bits per heavy atom. The van der Waals surface area contributed by atoms with Crippen LogP contribution >= 0.6 is 0 Å². The van der Waals surface area contributed by atoms with Gasteiger partial charge in [-0.3, -0.25) is 0 Å². The van der Waals surface area contributed by atoms with Crippen LogP contribution in [0, 0.1) is 0 Å². The van der Waals surface area contributed by atoms with Crippen molar-refractivity contribution in [2.45, 2.75) is 37.1 Å². The van der Waals surface area contributed by atoms with E-state index in [-0.39, 0.29) is 0 Å². The minimum atomic E-state index is -5.60. The Hall–Kier alpha value is -6.36. The molecule has 0 amide bonds. The highest BCUT2D eigenvalue weighted by atomic mass is 19.4. The molecular formula is C36H16F18N6. The molecule has 0 saturated heterocycles. The number of nitrogens with one attached hydrogen (secondary N) is 4. The maximum atomic E-state index is 14.6. The average Bonchev–Trinajstić information content (AvgIpc) is 3.90. The summed E-state index contributed by atoms with van der Waals surface area (Å²) in [5.74, 6) is 0. The Labute approximate surface area is 319 Å². The predicted octanol–water partition coefficient (Wildman–Crippen LogP) is 8.12. The minimum absolute atomic E-state index is 0.373. The second kappa shape index (κ2) is 13.6. The summed E-state index contributed by atoms with van der Waals surface area (Å²) in [5.41, 5.74) is -21.6. The van der Waals surface area contributed by atoms with E-state index in [0.29, 0.717) is 72.8 Å². The molecule has 3 aliphatic rings. The number of halogens is 18. The third kappa shape index (κ3) is 7.64. The number of aliphatic imine (C=N–C) groups is 2. The monoisotopic (exact) mass is 874 g/mol. The molecule has 0 spiro atoms. The molecule has 12 bridgehead atoms. The predicted molar refractivity (Wildman–Crippen MR) is 176 cm³/mol. The summed E-state index contributed by atoms with van der Waals surface area (Å²) >= 11 is 0. The molecule has 0 fully saturated rings. The van der Waals surface area contributed by atoms with Crippen molar-refractivity contribution in [1.29, 1.82) is 0 Å². The normalized spacial score (nSPS) is 17.3. The number of rotatable bonds is 0. The zero-order valence-electron chi connectivity index (χ0n) is 28.6. The highest BCUT2D eigenvalue weighted by Gasteiger charge is 2.46. The molecule has 0 aliphatic carbocycles. The maximum absolute atomic E-state index is 14.6. The molecule has 0 radical (unpaired) electrons. The lowest BCUT2D eigenvalue weighted by molar-refractivity contribution is -0.0867. The van der Waals surface area contributed by atoms with Gasteiger partial charge < -0.3 is 19.9 Å². The number of hydrogen-bond donors (Lipinski definition) is 4. The van der Waals surface area contributed by atoms with Gasteiger partial charge in [0.15, 0.2) is 0 Å². The van der Waals surface area contributed by atoms with Gasteiger partial charge in [0.2, 0.25) is 0 Å². The van der Waals surface area contributed by atoms with Gasteiger partial charge in [-0.25, -0.2) is 9.98 Å². The summed E-state index contributed by atoms with van der Waals surface area (Å²) in [7, 11) is 0. The Balaban J connectivity index is 1.64. The van der Waals surface area contributed by atoms with Gasteiger partial charge in [0, 0.05) is 0 Å². The van der Waals surface area contributed by atoms with Crippen molar-refractivity contribution in [2.24, 2.45) is 9.98 Å². The molecule has 0 unspecified atom stereocenters. The van der Waals surface area contributed by atoms with E-state index in [0.717, 1.165) is 0 Å². The third-order valence-electron chi connectivity index (χ3n) is 8.90. The number of aromatic nitrogens is 4. The SMILES string of the molecule is FC(F)(F)C1=C2C=CC(=N2)C(C(F)(F)F)=c2ccc([nH]2)=C(C(F)(F)F)c2ccc([nH]2)C(C(F)(F)F)=c2ccc([nH]2)=C(C(F)(F)F)c2ccc([nH]2)C(C(F)(F)F)=C2C=CC1=N2. The lowest BCUT2D eigenvalue weighted by Crippen LogP contribution is -2.29. The second-order valence-electron chi connectivity index (χ2n) is 12.8. The van der Waals surface area contributed by atoms with Crippen LogP contribution in [-0.2, 0) is 0 Å². The maximum Gasteiger partial charge on any atom is 0.420 e. The molecule has 60 heavy (non-hydrogen) atoms. The number of nitrogens with zero attached hydrogens (tertiary/aromatic N) is 2. The first-order valence-electron chi connectivity index (χ1n) is 16.3. The lowest BCUT2D eigenvalue weighted by Gasteiger charge is -2.14. The number of fused-ring (bicyclic) bond motifs is 10. The van der Waals surface area contributed by atoms with Crippen molar-refractivity contribution < 1.29 is 79.0 Å². The molecule has 7 heterocycles. The van der Waals surface area contributed by atoms with Gasteiger partial charge in [-0.05, 0) is 72.8 Å². The first-order valence-corrected chi connectivity index (χ1v) is 16.3. The summed E-state index contributed by atoms with van der Waals surface area (Å²) in [6.45, 7) is 0. The van der Waals surface area contributed by atoms with Gasteiger partial charge in [0.05, 0.1) is 67.0 Å². The van der Waals surface area contributed by atoms with E-state index in [9.17, 15) is 79.0 Å². The van der Waals surface area contributed by atoms with E-state index in [4.69, 9.17) is 0 Å². The lowest BCUT2D eigenvalue weighted by atomic mass is 10.1. The first kappa shape index (κ1) is 41.8. The van der Waals surface area contributed by atoms with Crippen LogP contribution in [0.5, 0.6) is 0 Å². The number of alkyl halides is 18. The van der Waals surface area contributed by atoms with Crippen LogP contribution in [0.2, 0.25) is 0 Å². The van der Waals surface area contributed by atoms with Crippen molar-refractivity contribution in [3.05, 3.63) is 134 Å². The van der Waals surface area contributed by atoms with Gasteiger partial charge in [0.1, 0.15) is 33.4 Å². The molecule has 0 saturated carbocycles. The minimum Gasteiger partial charge on any atom is -0.354 e. The summed E-state index contributed by atoms with van der Waals surface area (Å²) in [6.07, 6.45) is -31.9. The Morgan fingerprint density at radius 1 is 0.283 bits per heavy atom. The highest BCUT2D eigenvalue weighted by Crippen LogP contribution is 2.43. The van der Waals surface area contributed by atoms with Crippen molar-refractivity contribution in [3.63, 3.8) is 0 Å². The topological polar surface area (TPSA) is 87.9 Å². The Bertz CT molecular complexity index is 2880. The Kier molecular flexibility index (Phi) is 9.46. The zero-order valence-corrected chi connectivity index (χ0v) is 28.6. The number of hydrogen-bond acceptors (Lipinski definition) is 2. The fourth-order valence-electron chi connectivity index (χ4n) is 6.67. The van der Waals surface area contributed by atoms with Crippen LogP contribution in [0.3, 0.4) is 0 Å².